The van der Waals surface area contributed by atoms with Gasteiger partial charge in [-0.05, 0) is 70.6 Å². The van der Waals surface area contributed by atoms with Crippen molar-refractivity contribution in [2.24, 2.45) is 0 Å². The largest absolute Gasteiger partial charge is 0.309 e. The van der Waals surface area contributed by atoms with Crippen LogP contribution in [0.1, 0.15) is 28.7 Å². The average Bonchev–Trinajstić information content (AvgIpc) is 3.11. The van der Waals surface area contributed by atoms with Crippen molar-refractivity contribution < 1.29 is 4.79 Å². The van der Waals surface area contributed by atoms with Gasteiger partial charge in [0, 0.05) is 6.54 Å². The fraction of sp³-hybridized carbons (Fsp3) is 0.391. The first-order valence-corrected chi connectivity index (χ1v) is 11.0. The van der Waals surface area contributed by atoms with E-state index < -0.39 is 0 Å². The third-order valence-electron chi connectivity index (χ3n) is 5.05. The molecule has 0 unspecified atom stereocenters. The van der Waals surface area contributed by atoms with Crippen LogP contribution in [0.25, 0.3) is 10.2 Å². The fourth-order valence-corrected chi connectivity index (χ4v) is 4.69. The van der Waals surface area contributed by atoms with Gasteiger partial charge in [-0.25, -0.2) is 4.98 Å². The number of halogens is 1. The van der Waals surface area contributed by atoms with E-state index in [1.807, 2.05) is 38.1 Å². The Morgan fingerprint density at radius 3 is 2.48 bits per heavy atom. The highest BCUT2D eigenvalue weighted by Crippen LogP contribution is 2.36. The average molecular weight is 430 g/mol. The molecule has 4 nitrogen and oxygen atoms in total. The van der Waals surface area contributed by atoms with Crippen LogP contribution in [0.5, 0.6) is 0 Å². The number of aryl methyl sites for hydroxylation is 3. The Morgan fingerprint density at radius 1 is 1.07 bits per heavy atom. The fourth-order valence-electron chi connectivity index (χ4n) is 3.33. The highest BCUT2D eigenvalue weighted by atomic mass is 35.5. The Labute approximate surface area is 182 Å². The minimum absolute atomic E-state index is 0.0743. The number of hydrogen-bond donors (Lipinski definition) is 0. The molecule has 0 radical (unpaired) electrons. The second-order valence-corrected chi connectivity index (χ2v) is 9.23. The van der Waals surface area contributed by atoms with Crippen LogP contribution in [-0.4, -0.2) is 43.0 Å². The maximum Gasteiger partial charge on any atom is 0.233 e. The first-order valence-electron chi connectivity index (χ1n) is 9.83. The first kappa shape index (κ1) is 21.8. The zero-order valence-electron chi connectivity index (χ0n) is 17.8. The predicted molar refractivity (Wildman–Crippen MR) is 125 cm³/mol. The van der Waals surface area contributed by atoms with Crippen molar-refractivity contribution in [3.05, 3.63) is 57.6 Å². The summed E-state index contributed by atoms with van der Waals surface area (Å²) in [5, 5.41) is 1.41. The van der Waals surface area contributed by atoms with Crippen LogP contribution in [0.3, 0.4) is 0 Å². The van der Waals surface area contributed by atoms with Gasteiger partial charge in [0.05, 0.1) is 21.7 Å². The number of carbonyl (C=O) groups excluding carboxylic acids is 1. The van der Waals surface area contributed by atoms with Crippen molar-refractivity contribution in [2.75, 3.05) is 32.1 Å². The number of carbonyl (C=O) groups is 1. The summed E-state index contributed by atoms with van der Waals surface area (Å²) >= 11 is 7.90. The van der Waals surface area contributed by atoms with E-state index in [1.54, 1.807) is 0 Å². The van der Waals surface area contributed by atoms with Gasteiger partial charge in [0.2, 0.25) is 5.91 Å². The second kappa shape index (κ2) is 9.24. The molecule has 0 saturated carbocycles. The molecule has 29 heavy (non-hydrogen) atoms. The summed E-state index contributed by atoms with van der Waals surface area (Å²) in [5.74, 6) is 0.0743. The zero-order valence-corrected chi connectivity index (χ0v) is 19.3. The van der Waals surface area contributed by atoms with Crippen molar-refractivity contribution in [1.82, 2.24) is 9.88 Å². The number of anilines is 1. The molecule has 0 atom stereocenters. The van der Waals surface area contributed by atoms with E-state index >= 15 is 0 Å². The van der Waals surface area contributed by atoms with Crippen LogP contribution >= 0.6 is 22.9 Å². The minimum Gasteiger partial charge on any atom is -0.309 e. The number of amides is 1. The zero-order chi connectivity index (χ0) is 21.1. The van der Waals surface area contributed by atoms with Gasteiger partial charge < -0.3 is 4.90 Å². The van der Waals surface area contributed by atoms with E-state index in [2.05, 4.69) is 36.9 Å². The molecule has 0 bridgehead atoms. The molecule has 0 aliphatic heterocycles. The highest BCUT2D eigenvalue weighted by molar-refractivity contribution is 7.23. The highest BCUT2D eigenvalue weighted by Gasteiger charge is 2.22. The molecule has 0 aliphatic carbocycles. The Hall–Kier alpha value is -1.95. The third-order valence-corrected chi connectivity index (χ3v) is 6.59. The lowest BCUT2D eigenvalue weighted by atomic mass is 10.0. The Bertz CT molecular complexity index is 989. The molecule has 2 aromatic carbocycles. The second-order valence-electron chi connectivity index (χ2n) is 7.85. The maximum absolute atomic E-state index is 13.3. The van der Waals surface area contributed by atoms with E-state index in [4.69, 9.17) is 16.6 Å². The lowest BCUT2D eigenvalue weighted by molar-refractivity contribution is -0.118. The van der Waals surface area contributed by atoms with Gasteiger partial charge in [0.1, 0.15) is 0 Å². The molecular weight excluding hydrogens is 402 g/mol. The van der Waals surface area contributed by atoms with E-state index in [9.17, 15) is 4.79 Å². The van der Waals surface area contributed by atoms with E-state index in [1.165, 1.54) is 16.9 Å². The summed E-state index contributed by atoms with van der Waals surface area (Å²) in [5.41, 5.74) is 5.33. The molecule has 0 fully saturated rings. The molecular formula is C23H28ClN3OS. The summed E-state index contributed by atoms with van der Waals surface area (Å²) in [6, 6.07) is 10.1. The molecule has 0 N–H and O–H groups in total. The Morgan fingerprint density at radius 2 is 1.79 bits per heavy atom. The molecule has 3 rings (SSSR count). The standard InChI is InChI=1S/C23H28ClN3OS/c1-15-7-8-16(2)18(13-15)14-20(28)27(12-6-11-26(4)5)23-25-21-17(3)9-10-19(24)22(21)29-23/h7-10,13H,6,11-12,14H2,1-5H3. The van der Waals surface area contributed by atoms with Crippen molar-refractivity contribution in [3.63, 3.8) is 0 Å². The summed E-state index contributed by atoms with van der Waals surface area (Å²) in [7, 11) is 4.09. The molecule has 154 valence electrons. The maximum atomic E-state index is 13.3. The number of benzene rings is 2. The van der Waals surface area contributed by atoms with Gasteiger partial charge in [-0.2, -0.15) is 0 Å². The van der Waals surface area contributed by atoms with E-state index in [0.717, 1.165) is 45.0 Å². The molecule has 6 heteroatoms. The number of thiazole rings is 1. The van der Waals surface area contributed by atoms with Gasteiger partial charge in [-0.15, -0.1) is 0 Å². The van der Waals surface area contributed by atoms with Crippen molar-refractivity contribution >= 4 is 44.2 Å². The van der Waals surface area contributed by atoms with Crippen LogP contribution in [0, 0.1) is 20.8 Å². The number of rotatable bonds is 7. The van der Waals surface area contributed by atoms with Crippen LogP contribution in [-0.2, 0) is 11.2 Å². The first-order chi connectivity index (χ1) is 13.8. The van der Waals surface area contributed by atoms with Gasteiger partial charge in [0.15, 0.2) is 5.13 Å². The van der Waals surface area contributed by atoms with Crippen molar-refractivity contribution in [2.45, 2.75) is 33.6 Å². The van der Waals surface area contributed by atoms with Gasteiger partial charge in [-0.3, -0.25) is 9.69 Å². The van der Waals surface area contributed by atoms with Crippen LogP contribution < -0.4 is 4.90 Å². The molecule has 0 spiro atoms. The number of fused-ring (bicyclic) bond motifs is 1. The Kier molecular flexibility index (Phi) is 6.93. The number of hydrogen-bond acceptors (Lipinski definition) is 4. The smallest absolute Gasteiger partial charge is 0.233 e. The van der Waals surface area contributed by atoms with E-state index in [-0.39, 0.29) is 5.91 Å². The molecule has 0 aliphatic rings. The molecule has 1 amide bonds. The number of nitrogens with zero attached hydrogens (tertiary/aromatic N) is 3. The summed E-state index contributed by atoms with van der Waals surface area (Å²) in [6.07, 6.45) is 1.26. The molecule has 3 aromatic rings. The minimum atomic E-state index is 0.0743. The van der Waals surface area contributed by atoms with Gasteiger partial charge in [0.25, 0.3) is 0 Å². The molecule has 0 saturated heterocycles. The lowest BCUT2D eigenvalue weighted by Gasteiger charge is -2.21. The Balaban J connectivity index is 1.93. The molecule has 1 heterocycles. The normalized spacial score (nSPS) is 11.4. The SMILES string of the molecule is Cc1ccc(C)c(CC(=O)N(CCCN(C)C)c2nc3c(C)ccc(Cl)c3s2)c1. The topological polar surface area (TPSA) is 36.4 Å². The molecule has 1 aromatic heterocycles. The monoisotopic (exact) mass is 429 g/mol. The quantitative estimate of drug-likeness (QED) is 0.504. The van der Waals surface area contributed by atoms with Crippen LogP contribution in [0.15, 0.2) is 30.3 Å². The van der Waals surface area contributed by atoms with E-state index in [0.29, 0.717) is 18.0 Å². The van der Waals surface area contributed by atoms with Crippen molar-refractivity contribution in [3.8, 4) is 0 Å². The predicted octanol–water partition coefficient (Wildman–Crippen LogP) is 5.40. The van der Waals surface area contributed by atoms with Gasteiger partial charge >= 0.3 is 0 Å². The summed E-state index contributed by atoms with van der Waals surface area (Å²) < 4.78 is 0.943. The van der Waals surface area contributed by atoms with Crippen LogP contribution in [0.2, 0.25) is 5.02 Å². The summed E-state index contributed by atoms with van der Waals surface area (Å²) in [6.45, 7) is 7.69. The third kappa shape index (κ3) is 5.16. The lowest BCUT2D eigenvalue weighted by Crippen LogP contribution is -2.34. The van der Waals surface area contributed by atoms with Crippen LogP contribution in [0.4, 0.5) is 5.13 Å². The summed E-state index contributed by atoms with van der Waals surface area (Å²) in [4.78, 5) is 22.1. The van der Waals surface area contributed by atoms with Crippen molar-refractivity contribution in [1.29, 1.82) is 0 Å². The number of aromatic nitrogens is 1. The van der Waals surface area contributed by atoms with Gasteiger partial charge in [-0.1, -0.05) is 52.8 Å².